The fourth-order valence-corrected chi connectivity index (χ4v) is 5.04. The number of carbonyl (C=O) groups excluding carboxylic acids is 1. The maximum absolute atomic E-state index is 12.7. The van der Waals surface area contributed by atoms with Gasteiger partial charge >= 0.3 is 0 Å². The van der Waals surface area contributed by atoms with Crippen molar-refractivity contribution in [1.29, 1.82) is 0 Å². The smallest absolute Gasteiger partial charge is 0.273 e. The Hall–Kier alpha value is -1.77. The highest BCUT2D eigenvalue weighted by Crippen LogP contribution is 2.16. The summed E-state index contributed by atoms with van der Waals surface area (Å²) >= 11 is 1.38. The molecule has 134 valence electrons. The third-order valence-electron chi connectivity index (χ3n) is 4.22. The molecule has 2 aromatic rings. The average molecular weight is 380 g/mol. The first-order valence-electron chi connectivity index (χ1n) is 8.16. The number of hydrogen-bond acceptors (Lipinski definition) is 5. The molecular formula is C17H21N3O3S2. The van der Waals surface area contributed by atoms with Gasteiger partial charge in [0.25, 0.3) is 5.91 Å². The van der Waals surface area contributed by atoms with E-state index in [1.54, 1.807) is 15.8 Å². The molecule has 1 fully saturated rings. The van der Waals surface area contributed by atoms with Crippen LogP contribution < -0.4 is 0 Å². The quantitative estimate of drug-likeness (QED) is 0.816. The van der Waals surface area contributed by atoms with Gasteiger partial charge in [0.2, 0.25) is 10.0 Å². The van der Waals surface area contributed by atoms with Gasteiger partial charge in [-0.1, -0.05) is 29.8 Å². The van der Waals surface area contributed by atoms with Crippen LogP contribution in [-0.4, -0.2) is 54.7 Å². The van der Waals surface area contributed by atoms with Crippen molar-refractivity contribution in [3.63, 3.8) is 0 Å². The summed E-state index contributed by atoms with van der Waals surface area (Å²) in [6, 6.07) is 7.55. The van der Waals surface area contributed by atoms with Gasteiger partial charge in [0, 0.05) is 31.6 Å². The number of carbonyl (C=O) groups is 1. The highest BCUT2D eigenvalue weighted by molar-refractivity contribution is 7.88. The minimum absolute atomic E-state index is 0.00525. The second-order valence-corrected chi connectivity index (χ2v) is 8.85. The zero-order chi connectivity index (χ0) is 17.9. The van der Waals surface area contributed by atoms with Crippen molar-refractivity contribution in [3.8, 4) is 0 Å². The predicted octanol–water partition coefficient (Wildman–Crippen LogP) is 2.13. The topological polar surface area (TPSA) is 70.6 Å². The maximum atomic E-state index is 12.7. The van der Waals surface area contributed by atoms with Crippen molar-refractivity contribution in [2.75, 3.05) is 26.2 Å². The Morgan fingerprint density at radius 2 is 2.08 bits per heavy atom. The molecule has 0 bridgehead atoms. The number of rotatable bonds is 4. The Kier molecular flexibility index (Phi) is 5.51. The fourth-order valence-electron chi connectivity index (χ4n) is 2.96. The van der Waals surface area contributed by atoms with Crippen LogP contribution in [0.1, 0.15) is 28.0 Å². The number of thiazole rings is 1. The Morgan fingerprint density at radius 3 is 2.80 bits per heavy atom. The molecule has 1 amide bonds. The third kappa shape index (κ3) is 4.45. The van der Waals surface area contributed by atoms with Crippen molar-refractivity contribution in [1.82, 2.24) is 14.2 Å². The predicted molar refractivity (Wildman–Crippen MR) is 98.0 cm³/mol. The van der Waals surface area contributed by atoms with Crippen LogP contribution in [0.15, 0.2) is 35.2 Å². The normalized spacial score (nSPS) is 16.6. The van der Waals surface area contributed by atoms with E-state index in [1.807, 2.05) is 31.2 Å². The summed E-state index contributed by atoms with van der Waals surface area (Å²) in [5.41, 5.74) is 3.90. The van der Waals surface area contributed by atoms with Gasteiger partial charge in [-0.3, -0.25) is 4.79 Å². The summed E-state index contributed by atoms with van der Waals surface area (Å²) in [6.45, 7) is 3.65. The molecule has 0 spiro atoms. The average Bonchev–Trinajstić information content (AvgIpc) is 2.97. The van der Waals surface area contributed by atoms with Gasteiger partial charge in [0.15, 0.2) is 0 Å². The van der Waals surface area contributed by atoms with E-state index in [9.17, 15) is 13.2 Å². The third-order valence-corrected chi connectivity index (χ3v) is 6.65. The Bertz CT molecular complexity index is 835. The molecule has 1 aliphatic rings. The second-order valence-electron chi connectivity index (χ2n) is 6.16. The molecule has 8 heteroatoms. The number of sulfonamides is 1. The van der Waals surface area contributed by atoms with Crippen molar-refractivity contribution in [2.45, 2.75) is 19.1 Å². The molecule has 0 saturated carbocycles. The van der Waals surface area contributed by atoms with Crippen LogP contribution >= 0.6 is 11.3 Å². The molecule has 1 aliphatic heterocycles. The second kappa shape index (κ2) is 7.63. The first kappa shape index (κ1) is 18.0. The van der Waals surface area contributed by atoms with Gasteiger partial charge < -0.3 is 4.90 Å². The summed E-state index contributed by atoms with van der Waals surface area (Å²) in [6.07, 6.45) is 0.628. The lowest BCUT2D eigenvalue weighted by molar-refractivity contribution is 0.0759. The zero-order valence-corrected chi connectivity index (χ0v) is 15.7. The van der Waals surface area contributed by atoms with Crippen LogP contribution in [0.4, 0.5) is 0 Å². The lowest BCUT2D eigenvalue weighted by Gasteiger charge is -2.21. The van der Waals surface area contributed by atoms with E-state index in [0.29, 0.717) is 38.3 Å². The van der Waals surface area contributed by atoms with Gasteiger partial charge in [-0.25, -0.2) is 13.4 Å². The highest BCUT2D eigenvalue weighted by atomic mass is 32.2. The SMILES string of the molecule is Cc1cccc(CS(=O)(=O)N2CCCN(C(=O)c3cscn3)CC2)c1. The molecule has 0 aliphatic carbocycles. The first-order chi connectivity index (χ1) is 12.0. The van der Waals surface area contributed by atoms with Gasteiger partial charge in [-0.05, 0) is 18.9 Å². The van der Waals surface area contributed by atoms with Gasteiger partial charge in [-0.2, -0.15) is 4.31 Å². The molecule has 0 N–H and O–H groups in total. The highest BCUT2D eigenvalue weighted by Gasteiger charge is 2.27. The number of aromatic nitrogens is 1. The van der Waals surface area contributed by atoms with Crippen molar-refractivity contribution < 1.29 is 13.2 Å². The molecule has 1 saturated heterocycles. The van der Waals surface area contributed by atoms with Crippen LogP contribution in [0, 0.1) is 6.92 Å². The fraction of sp³-hybridized carbons (Fsp3) is 0.412. The summed E-state index contributed by atoms with van der Waals surface area (Å²) in [5, 5.41) is 1.72. The summed E-state index contributed by atoms with van der Waals surface area (Å²) < 4.78 is 27.0. The van der Waals surface area contributed by atoms with Crippen molar-refractivity contribution in [3.05, 3.63) is 52.0 Å². The Morgan fingerprint density at radius 1 is 1.24 bits per heavy atom. The maximum Gasteiger partial charge on any atom is 0.273 e. The number of aryl methyl sites for hydroxylation is 1. The number of hydrogen-bond donors (Lipinski definition) is 0. The molecule has 0 atom stereocenters. The zero-order valence-electron chi connectivity index (χ0n) is 14.1. The number of amides is 1. The van der Waals surface area contributed by atoms with E-state index in [0.717, 1.165) is 11.1 Å². The van der Waals surface area contributed by atoms with Crippen LogP contribution in [0.25, 0.3) is 0 Å². The van der Waals surface area contributed by atoms with E-state index >= 15 is 0 Å². The molecule has 2 heterocycles. The van der Waals surface area contributed by atoms with Crippen LogP contribution in [0.3, 0.4) is 0 Å². The molecule has 3 rings (SSSR count). The summed E-state index contributed by atoms with van der Waals surface area (Å²) in [5.74, 6) is -0.131. The first-order valence-corrected chi connectivity index (χ1v) is 10.7. The monoisotopic (exact) mass is 379 g/mol. The van der Waals surface area contributed by atoms with Gasteiger partial charge in [0.05, 0.1) is 11.3 Å². The summed E-state index contributed by atoms with van der Waals surface area (Å²) in [4.78, 5) is 18.1. The van der Waals surface area contributed by atoms with Crippen molar-refractivity contribution in [2.24, 2.45) is 0 Å². The van der Waals surface area contributed by atoms with E-state index in [1.165, 1.54) is 15.6 Å². The van der Waals surface area contributed by atoms with Gasteiger partial charge in [-0.15, -0.1) is 11.3 Å². The van der Waals surface area contributed by atoms with Gasteiger partial charge in [0.1, 0.15) is 5.69 Å². The Labute approximate surface area is 152 Å². The number of nitrogens with zero attached hydrogens (tertiary/aromatic N) is 3. The molecule has 1 aromatic carbocycles. The Balaban J connectivity index is 1.66. The van der Waals surface area contributed by atoms with Crippen LogP contribution in [0.2, 0.25) is 0 Å². The lowest BCUT2D eigenvalue weighted by Crippen LogP contribution is -2.37. The van der Waals surface area contributed by atoms with Crippen LogP contribution in [-0.2, 0) is 15.8 Å². The molecule has 1 aromatic heterocycles. The van der Waals surface area contributed by atoms with E-state index in [2.05, 4.69) is 4.98 Å². The summed E-state index contributed by atoms with van der Waals surface area (Å²) in [7, 11) is -3.40. The minimum Gasteiger partial charge on any atom is -0.336 e. The number of benzene rings is 1. The lowest BCUT2D eigenvalue weighted by atomic mass is 10.2. The van der Waals surface area contributed by atoms with Crippen molar-refractivity contribution >= 4 is 27.3 Å². The standard InChI is InChI=1S/C17H21N3O3S2/c1-14-4-2-5-15(10-14)12-25(22,23)20-7-3-6-19(8-9-20)17(21)16-11-24-13-18-16/h2,4-5,10-11,13H,3,6-9,12H2,1H3. The largest absolute Gasteiger partial charge is 0.336 e. The molecule has 25 heavy (non-hydrogen) atoms. The molecule has 0 radical (unpaired) electrons. The van der Waals surface area contributed by atoms with E-state index in [-0.39, 0.29) is 11.7 Å². The van der Waals surface area contributed by atoms with Crippen LogP contribution in [0.5, 0.6) is 0 Å². The van der Waals surface area contributed by atoms with E-state index < -0.39 is 10.0 Å². The van der Waals surface area contributed by atoms with E-state index in [4.69, 9.17) is 0 Å². The molecule has 0 unspecified atom stereocenters. The molecular weight excluding hydrogens is 358 g/mol. The molecule has 6 nitrogen and oxygen atoms in total. The minimum atomic E-state index is -3.40.